The summed E-state index contributed by atoms with van der Waals surface area (Å²) in [6, 6.07) is 7.90. The smallest absolute Gasteiger partial charge is 0.329 e. The van der Waals surface area contributed by atoms with E-state index in [2.05, 4.69) is 0 Å². The van der Waals surface area contributed by atoms with Gasteiger partial charge in [-0.15, -0.1) is 11.3 Å². The van der Waals surface area contributed by atoms with E-state index in [1.165, 1.54) is 58.9 Å². The minimum absolute atomic E-state index is 0.0461. The molecule has 1 unspecified atom stereocenters. The van der Waals surface area contributed by atoms with Gasteiger partial charge in [0.25, 0.3) is 5.91 Å². The number of esters is 1. The minimum atomic E-state index is -0.829. The molecule has 1 aliphatic heterocycles. The van der Waals surface area contributed by atoms with Gasteiger partial charge in [0.1, 0.15) is 12.6 Å². The Morgan fingerprint density at radius 1 is 0.821 bits per heavy atom. The molecule has 1 atom stereocenters. The molecule has 0 radical (unpaired) electrons. The number of thiophene rings is 1. The van der Waals surface area contributed by atoms with Crippen molar-refractivity contribution in [1.29, 1.82) is 0 Å². The van der Waals surface area contributed by atoms with E-state index in [-0.39, 0.29) is 19.1 Å². The van der Waals surface area contributed by atoms with Crippen LogP contribution in [0.25, 0.3) is 0 Å². The molecule has 3 aromatic rings. The van der Waals surface area contributed by atoms with Crippen molar-refractivity contribution in [2.45, 2.75) is 25.6 Å². The predicted octanol–water partition coefficient (Wildman–Crippen LogP) is 4.11. The van der Waals surface area contributed by atoms with Gasteiger partial charge in [-0.1, -0.05) is 0 Å². The zero-order valence-corrected chi connectivity index (χ0v) is 23.5. The molecule has 1 amide bonds. The number of carbonyl (C=O) groups is 2. The van der Waals surface area contributed by atoms with Crippen LogP contribution < -0.4 is 28.4 Å². The molecule has 0 fully saturated rings. The summed E-state index contributed by atoms with van der Waals surface area (Å²) < 4.78 is 38.2. The first-order valence-corrected chi connectivity index (χ1v) is 12.9. The van der Waals surface area contributed by atoms with Gasteiger partial charge < -0.3 is 38.1 Å². The molecule has 0 spiro atoms. The number of ether oxygens (including phenoxy) is 7. The van der Waals surface area contributed by atoms with Crippen LogP contribution in [0.5, 0.6) is 34.5 Å². The van der Waals surface area contributed by atoms with Crippen LogP contribution in [0.15, 0.2) is 35.7 Å². The molecule has 10 nitrogen and oxygen atoms in total. The number of benzene rings is 2. The van der Waals surface area contributed by atoms with E-state index in [4.69, 9.17) is 33.2 Å². The van der Waals surface area contributed by atoms with Crippen molar-refractivity contribution >= 4 is 23.2 Å². The average molecular weight is 558 g/mol. The van der Waals surface area contributed by atoms with Crippen LogP contribution >= 0.6 is 11.3 Å². The first kappa shape index (κ1) is 27.9. The topological polar surface area (TPSA) is 102 Å². The van der Waals surface area contributed by atoms with Crippen molar-refractivity contribution in [3.63, 3.8) is 0 Å². The summed E-state index contributed by atoms with van der Waals surface area (Å²) >= 11 is 1.45. The number of carbonyl (C=O) groups excluding carboxylic acids is 2. The van der Waals surface area contributed by atoms with Gasteiger partial charge in [0.05, 0.1) is 48.2 Å². The zero-order chi connectivity index (χ0) is 28.1. The van der Waals surface area contributed by atoms with Crippen LogP contribution in [0.2, 0.25) is 0 Å². The maximum absolute atomic E-state index is 13.5. The van der Waals surface area contributed by atoms with Gasteiger partial charge in [-0.05, 0) is 46.8 Å². The first-order chi connectivity index (χ1) is 18.9. The minimum Gasteiger partial charge on any atom is -0.493 e. The molecular formula is C28H31NO9S. The normalized spacial score (nSPS) is 14.4. The highest BCUT2D eigenvalue weighted by Gasteiger charge is 2.38. The highest BCUT2D eigenvalue weighted by molar-refractivity contribution is 7.10. The number of hydrogen-bond acceptors (Lipinski definition) is 10. The summed E-state index contributed by atoms with van der Waals surface area (Å²) in [6.45, 7) is 0.0876. The van der Waals surface area contributed by atoms with E-state index < -0.39 is 12.0 Å². The molecule has 2 heterocycles. The summed E-state index contributed by atoms with van der Waals surface area (Å²) in [5.74, 6) is 1.91. The highest BCUT2D eigenvalue weighted by atomic mass is 32.1. The molecule has 208 valence electrons. The molecule has 0 bridgehead atoms. The Morgan fingerprint density at radius 3 is 1.82 bits per heavy atom. The van der Waals surface area contributed by atoms with E-state index >= 15 is 0 Å². The van der Waals surface area contributed by atoms with Gasteiger partial charge in [-0.2, -0.15) is 0 Å². The summed E-state index contributed by atoms with van der Waals surface area (Å²) in [4.78, 5) is 29.4. The molecule has 0 aliphatic carbocycles. The number of nitrogens with zero attached hydrogens (tertiary/aromatic N) is 1. The summed E-state index contributed by atoms with van der Waals surface area (Å²) in [6.07, 6.45) is 0.344. The Labute approximate surface area is 230 Å². The van der Waals surface area contributed by atoms with Gasteiger partial charge in [0, 0.05) is 17.8 Å². The third-order valence-corrected chi connectivity index (χ3v) is 7.39. The van der Waals surface area contributed by atoms with E-state index in [0.29, 0.717) is 57.6 Å². The summed E-state index contributed by atoms with van der Waals surface area (Å²) in [5.41, 5.74) is 1.94. The lowest BCUT2D eigenvalue weighted by atomic mass is 9.99. The maximum atomic E-state index is 13.5. The van der Waals surface area contributed by atoms with Gasteiger partial charge in [-0.25, -0.2) is 4.79 Å². The number of fused-ring (bicyclic) bond motifs is 1. The first-order valence-electron chi connectivity index (χ1n) is 12.0. The second kappa shape index (κ2) is 12.2. The van der Waals surface area contributed by atoms with Crippen LogP contribution in [-0.2, 0) is 29.1 Å². The fourth-order valence-electron chi connectivity index (χ4n) is 4.56. The molecule has 2 aromatic carbocycles. The Morgan fingerprint density at radius 2 is 1.33 bits per heavy atom. The lowest BCUT2D eigenvalue weighted by molar-refractivity contribution is -0.150. The standard InChI is InChI=1S/C28H31NO9S/c1-32-20-9-16(10-21(33-2)25(20)36-5)14-29-19(13-24-18(27(29)30)7-8-39-24)28(31)38-15-17-11-22(34-3)26(37-6)23(12-17)35-4/h7-12,19H,13-15H2,1-6H3. The monoisotopic (exact) mass is 557 g/mol. The largest absolute Gasteiger partial charge is 0.493 e. The van der Waals surface area contributed by atoms with Crippen molar-refractivity contribution in [2.24, 2.45) is 0 Å². The van der Waals surface area contributed by atoms with Gasteiger partial charge in [-0.3, -0.25) is 4.79 Å². The Kier molecular flexibility index (Phi) is 8.70. The number of rotatable bonds is 11. The number of amides is 1. The van der Waals surface area contributed by atoms with Crippen molar-refractivity contribution in [3.05, 3.63) is 57.3 Å². The average Bonchev–Trinajstić information content (AvgIpc) is 3.45. The van der Waals surface area contributed by atoms with Crippen molar-refractivity contribution in [3.8, 4) is 34.5 Å². The van der Waals surface area contributed by atoms with E-state index in [0.717, 1.165) is 4.88 Å². The van der Waals surface area contributed by atoms with Crippen molar-refractivity contribution in [2.75, 3.05) is 42.7 Å². The van der Waals surface area contributed by atoms with Crippen LogP contribution in [-0.4, -0.2) is 65.5 Å². The third-order valence-electron chi connectivity index (χ3n) is 6.45. The molecule has 1 aliphatic rings. The molecule has 4 rings (SSSR count). The summed E-state index contributed by atoms with van der Waals surface area (Å²) in [5, 5.41) is 1.85. The van der Waals surface area contributed by atoms with Crippen LogP contribution in [0.3, 0.4) is 0 Å². The SMILES string of the molecule is COc1cc(COC(=O)C2Cc3sccc3C(=O)N2Cc2cc(OC)c(OC)c(OC)c2)cc(OC)c1OC. The molecule has 0 N–H and O–H groups in total. The highest BCUT2D eigenvalue weighted by Crippen LogP contribution is 2.40. The zero-order valence-electron chi connectivity index (χ0n) is 22.7. The molecule has 39 heavy (non-hydrogen) atoms. The Hall–Kier alpha value is -4.12. The van der Waals surface area contributed by atoms with E-state index in [9.17, 15) is 9.59 Å². The molecule has 11 heteroatoms. The molecular weight excluding hydrogens is 526 g/mol. The van der Waals surface area contributed by atoms with Gasteiger partial charge in [0.15, 0.2) is 23.0 Å². The molecule has 1 aromatic heterocycles. The molecule has 0 saturated carbocycles. The second-order valence-corrected chi connectivity index (χ2v) is 9.59. The number of methoxy groups -OCH3 is 6. The maximum Gasteiger partial charge on any atom is 0.329 e. The Balaban J connectivity index is 1.61. The predicted molar refractivity (Wildman–Crippen MR) is 144 cm³/mol. The summed E-state index contributed by atoms with van der Waals surface area (Å²) in [7, 11) is 9.11. The quantitative estimate of drug-likeness (QED) is 0.322. The van der Waals surface area contributed by atoms with Crippen LogP contribution in [0.1, 0.15) is 26.4 Å². The van der Waals surface area contributed by atoms with Crippen LogP contribution in [0, 0.1) is 0 Å². The van der Waals surface area contributed by atoms with Crippen molar-refractivity contribution in [1.82, 2.24) is 4.90 Å². The fraction of sp³-hybridized carbons (Fsp3) is 0.357. The van der Waals surface area contributed by atoms with Crippen LogP contribution in [0.4, 0.5) is 0 Å². The van der Waals surface area contributed by atoms with Gasteiger partial charge in [0.2, 0.25) is 11.5 Å². The van der Waals surface area contributed by atoms with E-state index in [1.54, 1.807) is 30.3 Å². The Bertz CT molecular complexity index is 1300. The lowest BCUT2D eigenvalue weighted by Gasteiger charge is -2.34. The van der Waals surface area contributed by atoms with Gasteiger partial charge >= 0.3 is 5.97 Å². The fourth-order valence-corrected chi connectivity index (χ4v) is 5.46. The second-order valence-electron chi connectivity index (χ2n) is 8.59. The third kappa shape index (κ3) is 5.53. The van der Waals surface area contributed by atoms with E-state index in [1.807, 2.05) is 5.38 Å². The number of hydrogen-bond donors (Lipinski definition) is 0. The van der Waals surface area contributed by atoms with Crippen molar-refractivity contribution < 1.29 is 42.7 Å². The molecule has 0 saturated heterocycles. The lowest BCUT2D eigenvalue weighted by Crippen LogP contribution is -2.49.